The minimum Gasteiger partial charge on any atom is -0.486 e. The highest BCUT2D eigenvalue weighted by Gasteiger charge is 2.26. The second kappa shape index (κ2) is 5.09. The van der Waals surface area contributed by atoms with E-state index in [9.17, 15) is 4.79 Å². The van der Waals surface area contributed by atoms with E-state index in [2.05, 4.69) is 0 Å². The summed E-state index contributed by atoms with van der Waals surface area (Å²) < 4.78 is 11.0. The van der Waals surface area contributed by atoms with Crippen LogP contribution >= 0.6 is 0 Å². The number of carbonyl (C=O) groups is 1. The Bertz CT molecular complexity index is 490. The van der Waals surface area contributed by atoms with Crippen LogP contribution in [-0.4, -0.2) is 43.7 Å². The third-order valence-electron chi connectivity index (χ3n) is 3.70. The van der Waals surface area contributed by atoms with Crippen molar-refractivity contribution in [3.05, 3.63) is 23.8 Å². The molecule has 0 spiro atoms. The van der Waals surface area contributed by atoms with Crippen LogP contribution in [-0.2, 0) is 0 Å². The molecule has 1 saturated heterocycles. The van der Waals surface area contributed by atoms with E-state index in [0.29, 0.717) is 42.7 Å². The number of rotatable bonds is 2. The Balaban J connectivity index is 1.77. The number of carbonyl (C=O) groups excluding carboxylic acids is 1. The van der Waals surface area contributed by atoms with Gasteiger partial charge in [0.15, 0.2) is 11.5 Å². The highest BCUT2D eigenvalue weighted by Crippen LogP contribution is 2.31. The van der Waals surface area contributed by atoms with Crippen molar-refractivity contribution in [1.29, 1.82) is 0 Å². The van der Waals surface area contributed by atoms with Crippen LogP contribution in [0.5, 0.6) is 11.5 Å². The number of amides is 1. The number of fused-ring (bicyclic) bond motifs is 1. The molecule has 0 aliphatic carbocycles. The number of hydrogen-bond acceptors (Lipinski definition) is 4. The molecule has 2 heterocycles. The zero-order chi connectivity index (χ0) is 13.2. The van der Waals surface area contributed by atoms with Gasteiger partial charge in [-0.3, -0.25) is 4.79 Å². The minimum absolute atomic E-state index is 0.0490. The average Bonchev–Trinajstić information content (AvgIpc) is 2.95. The summed E-state index contributed by atoms with van der Waals surface area (Å²) in [5.74, 6) is 1.85. The fourth-order valence-electron chi connectivity index (χ4n) is 2.57. The molecular formula is C14H18N2O3. The largest absolute Gasteiger partial charge is 0.486 e. The van der Waals surface area contributed by atoms with Gasteiger partial charge in [-0.2, -0.15) is 0 Å². The first kappa shape index (κ1) is 12.3. The van der Waals surface area contributed by atoms with Crippen molar-refractivity contribution >= 4 is 5.91 Å². The third-order valence-corrected chi connectivity index (χ3v) is 3.70. The fraction of sp³-hybridized carbons (Fsp3) is 0.500. The summed E-state index contributed by atoms with van der Waals surface area (Å²) in [7, 11) is 0. The Hall–Kier alpha value is -1.75. The maximum atomic E-state index is 12.4. The van der Waals surface area contributed by atoms with E-state index in [1.54, 1.807) is 18.2 Å². The number of nitrogens with two attached hydrogens (primary N) is 1. The van der Waals surface area contributed by atoms with E-state index in [4.69, 9.17) is 15.2 Å². The van der Waals surface area contributed by atoms with Crippen molar-refractivity contribution < 1.29 is 14.3 Å². The number of benzene rings is 1. The van der Waals surface area contributed by atoms with Crippen molar-refractivity contribution in [2.24, 2.45) is 11.7 Å². The van der Waals surface area contributed by atoms with E-state index >= 15 is 0 Å². The highest BCUT2D eigenvalue weighted by atomic mass is 16.6. The van der Waals surface area contributed by atoms with Crippen molar-refractivity contribution in [2.45, 2.75) is 6.42 Å². The van der Waals surface area contributed by atoms with Crippen LogP contribution < -0.4 is 15.2 Å². The van der Waals surface area contributed by atoms with Crippen LogP contribution in [0.2, 0.25) is 0 Å². The summed E-state index contributed by atoms with van der Waals surface area (Å²) in [6.45, 7) is 3.28. The molecule has 1 fully saturated rings. The Morgan fingerprint density at radius 1 is 1.32 bits per heavy atom. The summed E-state index contributed by atoms with van der Waals surface area (Å²) in [5.41, 5.74) is 6.31. The molecule has 5 heteroatoms. The van der Waals surface area contributed by atoms with Crippen molar-refractivity contribution in [3.8, 4) is 11.5 Å². The Morgan fingerprint density at radius 2 is 2.11 bits per heavy atom. The normalized spacial score (nSPS) is 21.5. The van der Waals surface area contributed by atoms with Gasteiger partial charge in [-0.25, -0.2) is 0 Å². The quantitative estimate of drug-likeness (QED) is 0.859. The highest BCUT2D eigenvalue weighted by molar-refractivity contribution is 5.95. The van der Waals surface area contributed by atoms with E-state index in [1.165, 1.54) is 0 Å². The van der Waals surface area contributed by atoms with Crippen molar-refractivity contribution in [1.82, 2.24) is 4.90 Å². The molecule has 102 valence electrons. The van der Waals surface area contributed by atoms with Crippen LogP contribution in [0.4, 0.5) is 0 Å². The zero-order valence-corrected chi connectivity index (χ0v) is 10.8. The number of likely N-dealkylation sites (tertiary alicyclic amines) is 1. The van der Waals surface area contributed by atoms with Crippen LogP contribution in [0, 0.1) is 5.92 Å². The van der Waals surface area contributed by atoms with Gasteiger partial charge in [0.1, 0.15) is 13.2 Å². The predicted octanol–water partition coefficient (Wildman–Crippen LogP) is 0.879. The van der Waals surface area contributed by atoms with E-state index in [-0.39, 0.29) is 5.91 Å². The van der Waals surface area contributed by atoms with Gasteiger partial charge in [0.25, 0.3) is 5.91 Å². The maximum absolute atomic E-state index is 12.4. The second-order valence-corrected chi connectivity index (χ2v) is 5.00. The summed E-state index contributed by atoms with van der Waals surface area (Å²) >= 11 is 0. The van der Waals surface area contributed by atoms with Crippen LogP contribution in [0.25, 0.3) is 0 Å². The molecule has 1 amide bonds. The minimum atomic E-state index is 0.0490. The summed E-state index contributed by atoms with van der Waals surface area (Å²) in [6.07, 6.45) is 0.993. The lowest BCUT2D eigenvalue weighted by Gasteiger charge is -2.20. The molecule has 1 aromatic carbocycles. The predicted molar refractivity (Wildman–Crippen MR) is 70.5 cm³/mol. The zero-order valence-electron chi connectivity index (χ0n) is 10.8. The SMILES string of the molecule is NC[C@@H]1CCN(C(=O)c2ccc3c(c2)OCCO3)C1. The van der Waals surface area contributed by atoms with Crippen molar-refractivity contribution in [3.63, 3.8) is 0 Å². The second-order valence-electron chi connectivity index (χ2n) is 5.00. The topological polar surface area (TPSA) is 64.8 Å². The first-order valence-corrected chi connectivity index (χ1v) is 6.67. The smallest absolute Gasteiger partial charge is 0.254 e. The van der Waals surface area contributed by atoms with Gasteiger partial charge in [0.05, 0.1) is 0 Å². The monoisotopic (exact) mass is 262 g/mol. The molecule has 2 N–H and O–H groups in total. The van der Waals surface area contributed by atoms with E-state index in [0.717, 1.165) is 19.5 Å². The average molecular weight is 262 g/mol. The Labute approximate surface area is 112 Å². The summed E-state index contributed by atoms with van der Waals surface area (Å²) in [6, 6.07) is 5.37. The molecule has 0 aromatic heterocycles. The molecule has 19 heavy (non-hydrogen) atoms. The van der Waals surface area contributed by atoms with Gasteiger partial charge < -0.3 is 20.1 Å². The van der Waals surface area contributed by atoms with Gasteiger partial charge in [0, 0.05) is 18.7 Å². The lowest BCUT2D eigenvalue weighted by atomic mass is 10.1. The lowest BCUT2D eigenvalue weighted by molar-refractivity contribution is 0.0786. The summed E-state index contributed by atoms with van der Waals surface area (Å²) in [5, 5.41) is 0. The molecule has 3 rings (SSSR count). The Morgan fingerprint density at radius 3 is 2.84 bits per heavy atom. The van der Waals surface area contributed by atoms with Gasteiger partial charge in [-0.05, 0) is 37.1 Å². The van der Waals surface area contributed by atoms with Gasteiger partial charge >= 0.3 is 0 Å². The van der Waals surface area contributed by atoms with Gasteiger partial charge in [-0.1, -0.05) is 0 Å². The Kier molecular flexibility index (Phi) is 3.29. The molecule has 5 nitrogen and oxygen atoms in total. The summed E-state index contributed by atoms with van der Waals surface area (Å²) in [4.78, 5) is 14.2. The van der Waals surface area contributed by atoms with E-state index < -0.39 is 0 Å². The first-order chi connectivity index (χ1) is 9.28. The molecule has 0 radical (unpaired) electrons. The molecule has 2 aliphatic rings. The van der Waals surface area contributed by atoms with Crippen molar-refractivity contribution in [2.75, 3.05) is 32.8 Å². The number of nitrogens with zero attached hydrogens (tertiary/aromatic N) is 1. The van der Waals surface area contributed by atoms with Crippen LogP contribution in [0.3, 0.4) is 0 Å². The van der Waals surface area contributed by atoms with Crippen LogP contribution in [0.15, 0.2) is 18.2 Å². The molecule has 0 bridgehead atoms. The molecule has 1 atom stereocenters. The maximum Gasteiger partial charge on any atom is 0.254 e. The lowest BCUT2D eigenvalue weighted by Crippen LogP contribution is -2.30. The number of hydrogen-bond donors (Lipinski definition) is 1. The van der Waals surface area contributed by atoms with Gasteiger partial charge in [0.2, 0.25) is 0 Å². The standard InChI is InChI=1S/C14H18N2O3/c15-8-10-3-4-16(9-10)14(17)11-1-2-12-13(7-11)19-6-5-18-12/h1-2,7,10H,3-6,8-9,15H2/t10-/m0/s1. The molecular weight excluding hydrogens is 244 g/mol. The van der Waals surface area contributed by atoms with Gasteiger partial charge in [-0.15, -0.1) is 0 Å². The molecule has 1 aromatic rings. The molecule has 2 aliphatic heterocycles. The fourth-order valence-corrected chi connectivity index (χ4v) is 2.57. The van der Waals surface area contributed by atoms with Crippen LogP contribution in [0.1, 0.15) is 16.8 Å². The molecule has 0 unspecified atom stereocenters. The molecule has 0 saturated carbocycles. The van der Waals surface area contributed by atoms with E-state index in [1.807, 2.05) is 4.90 Å². The number of ether oxygens (including phenoxy) is 2. The first-order valence-electron chi connectivity index (χ1n) is 6.67. The third kappa shape index (κ3) is 2.38.